The summed E-state index contributed by atoms with van der Waals surface area (Å²) in [4.78, 5) is 0. The summed E-state index contributed by atoms with van der Waals surface area (Å²) < 4.78 is 0. The van der Waals surface area contributed by atoms with Crippen LogP contribution in [0.15, 0.2) is 12.3 Å². The molecule has 0 heterocycles. The minimum atomic E-state index is 0.806. The van der Waals surface area contributed by atoms with Crippen molar-refractivity contribution in [2.45, 2.75) is 13.3 Å². The summed E-state index contributed by atoms with van der Waals surface area (Å²) in [5.74, 6) is 0. The average Bonchev–Trinajstić information content (AvgIpc) is 1.41. The van der Waals surface area contributed by atoms with Gasteiger partial charge in [0.15, 0.2) is 0 Å². The minimum Gasteiger partial charge on any atom is -0.878 e. The Morgan fingerprint density at radius 3 is 2.40 bits per heavy atom. The van der Waals surface area contributed by atoms with Crippen molar-refractivity contribution in [2.24, 2.45) is 0 Å². The molecule has 0 amide bonds. The van der Waals surface area contributed by atoms with Crippen LogP contribution < -0.4 is 5.11 Å². The molecule has 0 aliphatic carbocycles. The maximum Gasteiger partial charge on any atom is -0.0388 e. The van der Waals surface area contributed by atoms with E-state index in [1.807, 2.05) is 6.92 Å². The first kappa shape index (κ1) is 4.54. The number of hydrogen-bond donors (Lipinski definition) is 0. The Hall–Kier alpha value is -0.460. The van der Waals surface area contributed by atoms with E-state index in [1.165, 1.54) is 0 Å². The molecule has 0 unspecified atom stereocenters. The maximum atomic E-state index is 9.35. The van der Waals surface area contributed by atoms with E-state index < -0.39 is 0 Å². The third-order valence-corrected chi connectivity index (χ3v) is 0.332. The zero-order valence-corrected chi connectivity index (χ0v) is 3.27. The van der Waals surface area contributed by atoms with Gasteiger partial charge < -0.3 is 5.11 Å². The molecule has 0 aromatic carbocycles. The lowest BCUT2D eigenvalue weighted by atomic mass is 10.5. The lowest BCUT2D eigenvalue weighted by Gasteiger charge is -1.81. The van der Waals surface area contributed by atoms with Crippen molar-refractivity contribution < 1.29 is 5.11 Å². The van der Waals surface area contributed by atoms with Crippen LogP contribution >= 0.6 is 0 Å². The molecule has 0 spiro atoms. The highest BCUT2D eigenvalue weighted by Gasteiger charge is 1.48. The van der Waals surface area contributed by atoms with Crippen molar-refractivity contribution >= 4 is 0 Å². The molecule has 0 radical (unpaired) electrons. The van der Waals surface area contributed by atoms with Crippen molar-refractivity contribution in [1.29, 1.82) is 0 Å². The highest BCUT2D eigenvalue weighted by atomic mass is 16.2. The third-order valence-electron chi connectivity index (χ3n) is 0.332. The molecule has 0 saturated carbocycles. The summed E-state index contributed by atoms with van der Waals surface area (Å²) in [6, 6.07) is 0. The lowest BCUT2D eigenvalue weighted by Crippen LogP contribution is -1.82. The Labute approximate surface area is 31.9 Å². The summed E-state index contributed by atoms with van der Waals surface area (Å²) in [5.41, 5.74) is 0. The van der Waals surface area contributed by atoms with Gasteiger partial charge in [-0.25, -0.2) is 0 Å². The van der Waals surface area contributed by atoms with E-state index in [2.05, 4.69) is 0 Å². The molecule has 30 valence electrons. The monoisotopic (exact) mass is 71.1 g/mol. The second kappa shape index (κ2) is 3.54. The fourth-order valence-electron chi connectivity index (χ4n) is 0.0962. The van der Waals surface area contributed by atoms with E-state index >= 15 is 0 Å². The Kier molecular flexibility index (Phi) is 3.21. The zero-order chi connectivity index (χ0) is 4.12. The van der Waals surface area contributed by atoms with Crippen molar-refractivity contribution in [3.8, 4) is 0 Å². The fraction of sp³-hybridized carbons (Fsp3) is 0.500. The van der Waals surface area contributed by atoms with Gasteiger partial charge in [-0.3, -0.25) is 0 Å². The van der Waals surface area contributed by atoms with Gasteiger partial charge in [0.2, 0.25) is 0 Å². The van der Waals surface area contributed by atoms with E-state index in [-0.39, 0.29) is 0 Å². The third kappa shape index (κ3) is 3.54. The fourth-order valence-corrected chi connectivity index (χ4v) is 0.0962. The molecule has 0 N–H and O–H groups in total. The van der Waals surface area contributed by atoms with Gasteiger partial charge in [0.05, 0.1) is 0 Å². The Bertz CT molecular complexity index is 30.6. The summed E-state index contributed by atoms with van der Waals surface area (Å²) >= 11 is 0. The molecule has 5 heavy (non-hydrogen) atoms. The van der Waals surface area contributed by atoms with Crippen LogP contribution in [-0.2, 0) is 0 Å². The van der Waals surface area contributed by atoms with Crippen LogP contribution in [0, 0.1) is 0 Å². The molecule has 0 rings (SSSR count). The van der Waals surface area contributed by atoms with Gasteiger partial charge in [-0.2, -0.15) is 6.26 Å². The van der Waals surface area contributed by atoms with E-state index in [0.717, 1.165) is 12.7 Å². The van der Waals surface area contributed by atoms with Gasteiger partial charge in [-0.15, -0.1) is 6.08 Å². The van der Waals surface area contributed by atoms with E-state index in [4.69, 9.17) is 0 Å². The SMILES string of the molecule is CC/C=C/[O-]. The molecule has 1 nitrogen and oxygen atoms in total. The predicted octanol–water partition coefficient (Wildman–Crippen LogP) is 0.270. The first-order valence-corrected chi connectivity index (χ1v) is 1.68. The number of rotatable bonds is 1. The quantitative estimate of drug-likeness (QED) is 0.407. The van der Waals surface area contributed by atoms with Crippen LogP contribution in [0.1, 0.15) is 13.3 Å². The smallest absolute Gasteiger partial charge is 0.0388 e. The van der Waals surface area contributed by atoms with Gasteiger partial charge in [0, 0.05) is 0 Å². The van der Waals surface area contributed by atoms with Crippen LogP contribution in [0.5, 0.6) is 0 Å². The number of hydrogen-bond acceptors (Lipinski definition) is 1. The second-order valence-corrected chi connectivity index (χ2v) is 0.780. The van der Waals surface area contributed by atoms with Gasteiger partial charge in [-0.1, -0.05) is 6.92 Å². The maximum absolute atomic E-state index is 9.35. The Morgan fingerprint density at radius 2 is 2.40 bits per heavy atom. The van der Waals surface area contributed by atoms with Crippen molar-refractivity contribution in [3.05, 3.63) is 12.3 Å². The first-order valence-electron chi connectivity index (χ1n) is 1.68. The summed E-state index contributed by atoms with van der Waals surface area (Å²) in [6.45, 7) is 1.92. The van der Waals surface area contributed by atoms with Crippen molar-refractivity contribution in [3.63, 3.8) is 0 Å². The molecule has 0 aliphatic rings. The molecule has 0 fully saturated rings. The molecule has 0 bridgehead atoms. The molecule has 0 saturated heterocycles. The largest absolute Gasteiger partial charge is 0.878 e. The molecule has 1 heteroatoms. The lowest BCUT2D eigenvalue weighted by molar-refractivity contribution is -0.275. The second-order valence-electron chi connectivity index (χ2n) is 0.780. The molecular formula is C4H7O-. The van der Waals surface area contributed by atoms with Crippen molar-refractivity contribution in [2.75, 3.05) is 0 Å². The van der Waals surface area contributed by atoms with Gasteiger partial charge in [0.25, 0.3) is 0 Å². The molecule has 0 aliphatic heterocycles. The minimum absolute atomic E-state index is 0.806. The van der Waals surface area contributed by atoms with Gasteiger partial charge in [-0.05, 0) is 6.42 Å². The highest BCUT2D eigenvalue weighted by molar-refractivity contribution is 4.65. The van der Waals surface area contributed by atoms with Crippen molar-refractivity contribution in [1.82, 2.24) is 0 Å². The summed E-state index contributed by atoms with van der Waals surface area (Å²) in [5, 5.41) is 9.35. The molecular weight excluding hydrogens is 64.0 g/mol. The summed E-state index contributed by atoms with van der Waals surface area (Å²) in [7, 11) is 0. The predicted molar refractivity (Wildman–Crippen MR) is 19.4 cm³/mol. The van der Waals surface area contributed by atoms with Crippen LogP contribution in [-0.4, -0.2) is 0 Å². The topological polar surface area (TPSA) is 23.1 Å². The molecule has 0 atom stereocenters. The Morgan fingerprint density at radius 1 is 1.80 bits per heavy atom. The normalized spacial score (nSPS) is 9.80. The van der Waals surface area contributed by atoms with Crippen LogP contribution in [0.4, 0.5) is 0 Å². The van der Waals surface area contributed by atoms with Crippen LogP contribution in [0.2, 0.25) is 0 Å². The molecule has 0 aromatic heterocycles. The van der Waals surface area contributed by atoms with Crippen LogP contribution in [0.25, 0.3) is 0 Å². The molecule has 0 aromatic rings. The van der Waals surface area contributed by atoms with E-state index in [9.17, 15) is 5.11 Å². The summed E-state index contributed by atoms with van der Waals surface area (Å²) in [6.07, 6.45) is 3.23. The van der Waals surface area contributed by atoms with E-state index in [0.29, 0.717) is 0 Å². The van der Waals surface area contributed by atoms with Crippen LogP contribution in [0.3, 0.4) is 0 Å². The van der Waals surface area contributed by atoms with Gasteiger partial charge >= 0.3 is 0 Å². The standard InChI is InChI=1S/C4H8O/c1-2-3-4-5/h3-5H,2H2,1H3/p-1/b4-3+. The van der Waals surface area contributed by atoms with Gasteiger partial charge in [0.1, 0.15) is 0 Å². The highest BCUT2D eigenvalue weighted by Crippen LogP contribution is 1.69. The Balaban J connectivity index is 2.62. The zero-order valence-electron chi connectivity index (χ0n) is 3.27. The first-order chi connectivity index (χ1) is 2.41. The van der Waals surface area contributed by atoms with E-state index in [1.54, 1.807) is 6.08 Å². The average molecular weight is 71.1 g/mol. The number of allylic oxidation sites excluding steroid dienone is 1.